The van der Waals surface area contributed by atoms with E-state index in [-0.39, 0.29) is 16.8 Å². The Morgan fingerprint density at radius 2 is 2.00 bits per heavy atom. The molecule has 0 aromatic heterocycles. The van der Waals surface area contributed by atoms with Gasteiger partial charge < -0.3 is 5.32 Å². The molecule has 1 amide bonds. The van der Waals surface area contributed by atoms with E-state index >= 15 is 0 Å². The van der Waals surface area contributed by atoms with Crippen LogP contribution in [0, 0.1) is 0 Å². The quantitative estimate of drug-likeness (QED) is 0.893. The number of carbonyl (C=O) groups is 1. The number of alkyl halides is 3. The van der Waals surface area contributed by atoms with E-state index in [0.29, 0.717) is 0 Å². The summed E-state index contributed by atoms with van der Waals surface area (Å²) in [6.07, 6.45) is -1.71. The number of thioether (sulfide) groups is 1. The molecule has 0 bridgehead atoms. The molecule has 1 aliphatic heterocycles. The van der Waals surface area contributed by atoms with E-state index in [1.165, 1.54) is 30.0 Å². The molecule has 0 aliphatic carbocycles. The predicted molar refractivity (Wildman–Crippen MR) is 70.2 cm³/mol. The number of rotatable bonds is 2. The molecule has 1 unspecified atom stereocenters. The average Bonchev–Trinajstić information content (AvgIpc) is 2.39. The zero-order chi connectivity index (χ0) is 13.9. The second-order valence-corrected chi connectivity index (χ2v) is 5.70. The number of nitrogens with one attached hydrogen (secondary N) is 1. The summed E-state index contributed by atoms with van der Waals surface area (Å²) >= 11 is 1.51. The summed E-state index contributed by atoms with van der Waals surface area (Å²) in [5, 5.41) is 2.17. The molecule has 19 heavy (non-hydrogen) atoms. The van der Waals surface area contributed by atoms with Gasteiger partial charge in [-0.2, -0.15) is 13.2 Å². The lowest BCUT2D eigenvalue weighted by atomic mass is 10.1. The van der Waals surface area contributed by atoms with Gasteiger partial charge >= 0.3 is 6.18 Å². The summed E-state index contributed by atoms with van der Waals surface area (Å²) in [6, 6.07) is 5.06. The third-order valence-corrected chi connectivity index (χ3v) is 4.34. The van der Waals surface area contributed by atoms with Crippen LogP contribution >= 0.6 is 11.8 Å². The minimum Gasteiger partial charge on any atom is -0.325 e. The van der Waals surface area contributed by atoms with Crippen LogP contribution in [0.1, 0.15) is 24.8 Å². The molecule has 0 radical (unpaired) electrons. The minimum absolute atomic E-state index is 0.161. The number of amides is 1. The lowest BCUT2D eigenvalue weighted by molar-refractivity contribution is -0.137. The van der Waals surface area contributed by atoms with Crippen molar-refractivity contribution in [2.45, 2.75) is 30.7 Å². The second-order valence-electron chi connectivity index (χ2n) is 4.39. The van der Waals surface area contributed by atoms with Gasteiger partial charge in [0.25, 0.3) is 0 Å². The van der Waals surface area contributed by atoms with Crippen LogP contribution in [0.4, 0.5) is 18.9 Å². The smallest absolute Gasteiger partial charge is 0.325 e. The van der Waals surface area contributed by atoms with E-state index in [9.17, 15) is 18.0 Å². The third kappa shape index (κ3) is 3.65. The Morgan fingerprint density at radius 3 is 2.63 bits per heavy atom. The van der Waals surface area contributed by atoms with Crippen LogP contribution in [0.25, 0.3) is 0 Å². The van der Waals surface area contributed by atoms with Crippen molar-refractivity contribution in [3.63, 3.8) is 0 Å². The first kappa shape index (κ1) is 14.2. The number of carbonyl (C=O) groups excluding carboxylic acids is 1. The van der Waals surface area contributed by atoms with Gasteiger partial charge in [-0.25, -0.2) is 0 Å². The van der Waals surface area contributed by atoms with Crippen molar-refractivity contribution in [1.82, 2.24) is 0 Å². The molecule has 1 fully saturated rings. The number of benzene rings is 1. The van der Waals surface area contributed by atoms with E-state index in [1.807, 2.05) is 0 Å². The van der Waals surface area contributed by atoms with E-state index in [0.717, 1.165) is 31.1 Å². The topological polar surface area (TPSA) is 29.1 Å². The molecule has 6 heteroatoms. The molecule has 1 saturated heterocycles. The van der Waals surface area contributed by atoms with Crippen molar-refractivity contribution in [3.8, 4) is 0 Å². The van der Waals surface area contributed by atoms with Crippen molar-refractivity contribution in [2.75, 3.05) is 11.1 Å². The highest BCUT2D eigenvalue weighted by atomic mass is 32.2. The van der Waals surface area contributed by atoms with Gasteiger partial charge in [0, 0.05) is 0 Å². The van der Waals surface area contributed by atoms with Gasteiger partial charge in [-0.05, 0) is 30.7 Å². The number of para-hydroxylation sites is 1. The van der Waals surface area contributed by atoms with Crippen molar-refractivity contribution >= 4 is 23.4 Å². The zero-order valence-corrected chi connectivity index (χ0v) is 11.0. The Kier molecular flexibility index (Phi) is 4.39. The summed E-state index contributed by atoms with van der Waals surface area (Å²) in [7, 11) is 0. The SMILES string of the molecule is O=C(Nc1ccccc1C(F)(F)F)C1CCCCS1. The molecule has 2 rings (SSSR count). The van der Waals surface area contributed by atoms with Gasteiger partial charge in [0.1, 0.15) is 0 Å². The van der Waals surface area contributed by atoms with Crippen molar-refractivity contribution in [2.24, 2.45) is 0 Å². The maximum atomic E-state index is 12.8. The van der Waals surface area contributed by atoms with Crippen molar-refractivity contribution in [1.29, 1.82) is 0 Å². The first-order valence-corrected chi connectivity index (χ1v) is 7.12. The van der Waals surface area contributed by atoms with E-state index < -0.39 is 11.7 Å². The van der Waals surface area contributed by atoms with Crippen LogP contribution in [-0.4, -0.2) is 16.9 Å². The Hall–Kier alpha value is -1.17. The Labute approximate surface area is 113 Å². The lowest BCUT2D eigenvalue weighted by Gasteiger charge is -2.21. The molecule has 1 aliphatic rings. The first-order chi connectivity index (χ1) is 8.98. The van der Waals surface area contributed by atoms with Crippen LogP contribution in [0.2, 0.25) is 0 Å². The molecule has 104 valence electrons. The van der Waals surface area contributed by atoms with Gasteiger partial charge in [-0.3, -0.25) is 4.79 Å². The van der Waals surface area contributed by atoms with E-state index in [2.05, 4.69) is 5.32 Å². The van der Waals surface area contributed by atoms with Crippen LogP contribution in [0.3, 0.4) is 0 Å². The Balaban J connectivity index is 2.12. The number of hydrogen-bond donors (Lipinski definition) is 1. The van der Waals surface area contributed by atoms with Gasteiger partial charge in [0.15, 0.2) is 0 Å². The van der Waals surface area contributed by atoms with E-state index in [4.69, 9.17) is 0 Å². The maximum absolute atomic E-state index is 12.8. The Morgan fingerprint density at radius 1 is 1.26 bits per heavy atom. The molecule has 0 spiro atoms. The zero-order valence-electron chi connectivity index (χ0n) is 10.2. The summed E-state index contributed by atoms with van der Waals surface area (Å²) in [5.41, 5.74) is -0.963. The maximum Gasteiger partial charge on any atom is 0.418 e. The van der Waals surface area contributed by atoms with Gasteiger partial charge in [-0.1, -0.05) is 18.6 Å². The standard InChI is InChI=1S/C13H14F3NOS/c14-13(15,16)9-5-1-2-6-10(9)17-12(18)11-7-3-4-8-19-11/h1-2,5-6,11H,3-4,7-8H2,(H,17,18). The highest BCUT2D eigenvalue weighted by molar-refractivity contribution is 8.00. The molecular formula is C13H14F3NOS. The van der Waals surface area contributed by atoms with Gasteiger partial charge in [0.2, 0.25) is 5.91 Å². The molecule has 1 aromatic rings. The molecule has 1 heterocycles. The van der Waals surface area contributed by atoms with Crippen molar-refractivity contribution in [3.05, 3.63) is 29.8 Å². The van der Waals surface area contributed by atoms with Crippen LogP contribution in [0.15, 0.2) is 24.3 Å². The second kappa shape index (κ2) is 5.86. The molecule has 2 nitrogen and oxygen atoms in total. The summed E-state index contributed by atoms with van der Waals surface area (Å²) in [5.74, 6) is 0.556. The number of hydrogen-bond acceptors (Lipinski definition) is 2. The summed E-state index contributed by atoms with van der Waals surface area (Å²) in [4.78, 5) is 11.9. The average molecular weight is 289 g/mol. The monoisotopic (exact) mass is 289 g/mol. The molecule has 1 aromatic carbocycles. The fraction of sp³-hybridized carbons (Fsp3) is 0.462. The number of anilines is 1. The lowest BCUT2D eigenvalue weighted by Crippen LogP contribution is -2.28. The normalized spacial score (nSPS) is 20.1. The minimum atomic E-state index is -4.45. The molecule has 0 saturated carbocycles. The van der Waals surface area contributed by atoms with Crippen LogP contribution < -0.4 is 5.32 Å². The summed E-state index contributed by atoms with van der Waals surface area (Å²) in [6.45, 7) is 0. The van der Waals surface area contributed by atoms with E-state index in [1.54, 1.807) is 0 Å². The highest BCUT2D eigenvalue weighted by Gasteiger charge is 2.34. The summed E-state index contributed by atoms with van der Waals surface area (Å²) < 4.78 is 38.4. The number of halogens is 3. The molecular weight excluding hydrogens is 275 g/mol. The van der Waals surface area contributed by atoms with Crippen LogP contribution in [0.5, 0.6) is 0 Å². The highest BCUT2D eigenvalue weighted by Crippen LogP contribution is 2.35. The first-order valence-electron chi connectivity index (χ1n) is 6.07. The fourth-order valence-corrected chi connectivity index (χ4v) is 3.20. The van der Waals surface area contributed by atoms with Gasteiger partial charge in [-0.15, -0.1) is 11.8 Å². The Bertz CT molecular complexity index is 455. The van der Waals surface area contributed by atoms with Gasteiger partial charge in [0.05, 0.1) is 16.5 Å². The fourth-order valence-electron chi connectivity index (χ4n) is 2.00. The molecule has 1 atom stereocenters. The van der Waals surface area contributed by atoms with Crippen molar-refractivity contribution < 1.29 is 18.0 Å². The predicted octanol–water partition coefficient (Wildman–Crippen LogP) is 3.93. The molecule has 1 N–H and O–H groups in total. The largest absolute Gasteiger partial charge is 0.418 e. The van der Waals surface area contributed by atoms with Crippen LogP contribution in [-0.2, 0) is 11.0 Å². The third-order valence-electron chi connectivity index (χ3n) is 2.96.